The molecule has 0 spiro atoms. The Morgan fingerprint density at radius 3 is 2.63 bits per heavy atom. The molecule has 0 amide bonds. The Balaban J connectivity index is 1.92. The first-order valence-electron chi connectivity index (χ1n) is 8.98. The number of aliphatic hydroxyl groups is 1. The number of hydrogen-bond acceptors (Lipinski definition) is 4. The van der Waals surface area contributed by atoms with Gasteiger partial charge in [-0.25, -0.2) is 0 Å². The highest BCUT2D eigenvalue weighted by molar-refractivity contribution is 5.66. The van der Waals surface area contributed by atoms with Crippen molar-refractivity contribution in [3.63, 3.8) is 0 Å². The van der Waals surface area contributed by atoms with Crippen molar-refractivity contribution in [2.24, 2.45) is 0 Å². The number of fused-ring (bicyclic) bond motifs is 1. The normalized spacial score (nSPS) is 20.6. The standard InChI is InChI=1S/C22H22N2O3/c1-14-12-16(9-10-23-14)15-7-8-18-17(13-15)20(21(26)22(2,3)27-18)24-11-5-4-6-19(24)25/h4-13,20-21,26H,1-3H3/t20-,21+/m1/s1. The lowest BCUT2D eigenvalue weighted by atomic mass is 9.85. The van der Waals surface area contributed by atoms with Crippen molar-refractivity contribution in [2.75, 3.05) is 0 Å². The SMILES string of the molecule is Cc1cc(-c2ccc3c(c2)[C@@H](n2ccccc2=O)[C@H](O)C(C)(C)O3)ccn1. The van der Waals surface area contributed by atoms with Crippen LogP contribution >= 0.6 is 0 Å². The second kappa shape index (κ2) is 6.35. The smallest absolute Gasteiger partial charge is 0.251 e. The maximum Gasteiger partial charge on any atom is 0.251 e. The lowest BCUT2D eigenvalue weighted by molar-refractivity contribution is -0.0642. The molecule has 27 heavy (non-hydrogen) atoms. The Bertz CT molecular complexity index is 1060. The first kappa shape index (κ1) is 17.5. The molecule has 4 rings (SSSR count). The Labute approximate surface area is 157 Å². The van der Waals surface area contributed by atoms with Gasteiger partial charge in [0.1, 0.15) is 17.5 Å². The van der Waals surface area contributed by atoms with Gasteiger partial charge in [-0.3, -0.25) is 9.78 Å². The van der Waals surface area contributed by atoms with Crippen molar-refractivity contribution < 1.29 is 9.84 Å². The van der Waals surface area contributed by atoms with E-state index in [0.717, 1.165) is 22.4 Å². The van der Waals surface area contributed by atoms with E-state index in [1.807, 2.05) is 51.1 Å². The summed E-state index contributed by atoms with van der Waals surface area (Å²) < 4.78 is 7.64. The Kier molecular flexibility index (Phi) is 4.12. The van der Waals surface area contributed by atoms with Crippen LogP contribution in [0.1, 0.15) is 31.1 Å². The van der Waals surface area contributed by atoms with Crippen LogP contribution in [0.15, 0.2) is 65.7 Å². The molecule has 3 aromatic rings. The molecule has 1 aliphatic heterocycles. The zero-order chi connectivity index (χ0) is 19.2. The van der Waals surface area contributed by atoms with Crippen LogP contribution in [0.3, 0.4) is 0 Å². The van der Waals surface area contributed by atoms with E-state index in [9.17, 15) is 9.90 Å². The van der Waals surface area contributed by atoms with Crippen molar-refractivity contribution in [3.8, 4) is 16.9 Å². The predicted molar refractivity (Wildman–Crippen MR) is 104 cm³/mol. The summed E-state index contributed by atoms with van der Waals surface area (Å²) in [5, 5.41) is 11.0. The number of benzene rings is 1. The molecule has 0 aliphatic carbocycles. The highest BCUT2D eigenvalue weighted by Crippen LogP contribution is 2.43. The second-order valence-electron chi connectivity index (χ2n) is 7.48. The molecule has 1 N–H and O–H groups in total. The average molecular weight is 362 g/mol. The molecular formula is C22H22N2O3. The molecule has 0 saturated heterocycles. The molecule has 0 unspecified atom stereocenters. The first-order valence-corrected chi connectivity index (χ1v) is 8.98. The van der Waals surface area contributed by atoms with Crippen molar-refractivity contribution in [2.45, 2.75) is 38.5 Å². The van der Waals surface area contributed by atoms with Gasteiger partial charge in [0.2, 0.25) is 0 Å². The number of aromatic nitrogens is 2. The van der Waals surface area contributed by atoms with Gasteiger partial charge in [-0.05, 0) is 62.2 Å². The van der Waals surface area contributed by atoms with Gasteiger partial charge in [0.05, 0.1) is 6.04 Å². The van der Waals surface area contributed by atoms with Crippen LogP contribution in [0, 0.1) is 6.92 Å². The van der Waals surface area contributed by atoms with Gasteiger partial charge in [-0.2, -0.15) is 0 Å². The molecule has 0 bridgehead atoms. The molecule has 0 saturated carbocycles. The zero-order valence-electron chi connectivity index (χ0n) is 15.6. The summed E-state index contributed by atoms with van der Waals surface area (Å²) in [5.74, 6) is 0.681. The third-order valence-corrected chi connectivity index (χ3v) is 5.09. The van der Waals surface area contributed by atoms with Gasteiger partial charge in [0, 0.05) is 29.7 Å². The summed E-state index contributed by atoms with van der Waals surface area (Å²) in [6, 6.07) is 14.3. The quantitative estimate of drug-likeness (QED) is 0.759. The fourth-order valence-corrected chi connectivity index (χ4v) is 3.64. The maximum atomic E-state index is 12.5. The maximum absolute atomic E-state index is 12.5. The number of aryl methyl sites for hydroxylation is 1. The first-order chi connectivity index (χ1) is 12.9. The van der Waals surface area contributed by atoms with E-state index in [1.54, 1.807) is 29.1 Å². The molecule has 5 heteroatoms. The van der Waals surface area contributed by atoms with Gasteiger partial charge in [-0.15, -0.1) is 0 Å². The van der Waals surface area contributed by atoms with Crippen LogP contribution in [-0.2, 0) is 0 Å². The summed E-state index contributed by atoms with van der Waals surface area (Å²) in [7, 11) is 0. The summed E-state index contributed by atoms with van der Waals surface area (Å²) in [6.07, 6.45) is 2.61. The van der Waals surface area contributed by atoms with Crippen molar-refractivity contribution in [1.29, 1.82) is 0 Å². The third-order valence-electron chi connectivity index (χ3n) is 5.09. The van der Waals surface area contributed by atoms with Gasteiger partial charge < -0.3 is 14.4 Å². The molecule has 2 aromatic heterocycles. The van der Waals surface area contributed by atoms with Crippen LogP contribution in [0.5, 0.6) is 5.75 Å². The lowest BCUT2D eigenvalue weighted by Crippen LogP contribution is -2.52. The molecule has 2 atom stereocenters. The van der Waals surface area contributed by atoms with Gasteiger partial charge in [0.15, 0.2) is 0 Å². The monoisotopic (exact) mass is 362 g/mol. The predicted octanol–water partition coefficient (Wildman–Crippen LogP) is 3.34. The molecular weight excluding hydrogens is 340 g/mol. The Morgan fingerprint density at radius 2 is 1.89 bits per heavy atom. The Morgan fingerprint density at radius 1 is 1.11 bits per heavy atom. The molecule has 3 heterocycles. The number of hydrogen-bond donors (Lipinski definition) is 1. The molecule has 138 valence electrons. The lowest BCUT2D eigenvalue weighted by Gasteiger charge is -2.42. The number of ether oxygens (including phenoxy) is 1. The van der Waals surface area contributed by atoms with E-state index in [-0.39, 0.29) is 5.56 Å². The average Bonchev–Trinajstić information content (AvgIpc) is 2.63. The van der Waals surface area contributed by atoms with Crippen LogP contribution in [-0.4, -0.2) is 26.4 Å². The topological polar surface area (TPSA) is 64.4 Å². The molecule has 1 aromatic carbocycles. The summed E-state index contributed by atoms with van der Waals surface area (Å²) >= 11 is 0. The highest BCUT2D eigenvalue weighted by Gasteiger charge is 2.44. The van der Waals surface area contributed by atoms with E-state index in [0.29, 0.717) is 5.75 Å². The fraction of sp³-hybridized carbons (Fsp3) is 0.273. The van der Waals surface area contributed by atoms with Gasteiger partial charge in [-0.1, -0.05) is 12.1 Å². The number of nitrogens with zero attached hydrogens (tertiary/aromatic N) is 2. The fourth-order valence-electron chi connectivity index (χ4n) is 3.64. The number of pyridine rings is 2. The summed E-state index contributed by atoms with van der Waals surface area (Å²) in [5.41, 5.74) is 2.77. The van der Waals surface area contributed by atoms with E-state index in [1.165, 1.54) is 6.07 Å². The van der Waals surface area contributed by atoms with Crippen LogP contribution in [0.2, 0.25) is 0 Å². The molecule has 0 radical (unpaired) electrons. The van der Waals surface area contributed by atoms with Crippen molar-refractivity contribution >= 4 is 0 Å². The zero-order valence-corrected chi connectivity index (χ0v) is 15.6. The number of rotatable bonds is 2. The Hall–Kier alpha value is -2.92. The molecule has 5 nitrogen and oxygen atoms in total. The molecule has 0 fully saturated rings. The van der Waals surface area contributed by atoms with Crippen molar-refractivity contribution in [3.05, 3.63) is 82.5 Å². The van der Waals surface area contributed by atoms with E-state index in [2.05, 4.69) is 4.98 Å². The largest absolute Gasteiger partial charge is 0.485 e. The summed E-state index contributed by atoms with van der Waals surface area (Å²) in [6.45, 7) is 5.62. The summed E-state index contributed by atoms with van der Waals surface area (Å²) in [4.78, 5) is 16.7. The van der Waals surface area contributed by atoms with E-state index >= 15 is 0 Å². The van der Waals surface area contributed by atoms with Crippen molar-refractivity contribution in [1.82, 2.24) is 9.55 Å². The van der Waals surface area contributed by atoms with Crippen LogP contribution in [0.25, 0.3) is 11.1 Å². The van der Waals surface area contributed by atoms with Crippen LogP contribution in [0.4, 0.5) is 0 Å². The van der Waals surface area contributed by atoms with Gasteiger partial charge >= 0.3 is 0 Å². The highest BCUT2D eigenvalue weighted by atomic mass is 16.5. The van der Waals surface area contributed by atoms with E-state index in [4.69, 9.17) is 4.74 Å². The third kappa shape index (κ3) is 3.04. The minimum atomic E-state index is -0.875. The minimum Gasteiger partial charge on any atom is -0.485 e. The number of aliphatic hydroxyl groups excluding tert-OH is 1. The molecule has 1 aliphatic rings. The van der Waals surface area contributed by atoms with Gasteiger partial charge in [0.25, 0.3) is 5.56 Å². The minimum absolute atomic E-state index is 0.157. The second-order valence-corrected chi connectivity index (χ2v) is 7.48. The van der Waals surface area contributed by atoms with E-state index < -0.39 is 17.7 Å². The van der Waals surface area contributed by atoms with Crippen LogP contribution < -0.4 is 10.3 Å².